The molecule has 3 atom stereocenters. The Balaban J connectivity index is 3.47. The van der Waals surface area contributed by atoms with E-state index in [2.05, 4.69) is 14.8 Å². The molecule has 12 nitrogen and oxygen atoms in total. The van der Waals surface area contributed by atoms with Gasteiger partial charge in [-0.25, -0.2) is 4.79 Å². The Labute approximate surface area is 147 Å². The molecular formula is C14H17N3O9. The predicted octanol–water partition coefficient (Wildman–Crippen LogP) is 0.507. The molecule has 0 aliphatic carbocycles. The van der Waals surface area contributed by atoms with E-state index in [1.807, 2.05) is 0 Å². The van der Waals surface area contributed by atoms with Crippen LogP contribution in [0.1, 0.15) is 20.8 Å². The molecule has 0 bridgehead atoms. The minimum atomic E-state index is -1.48. The van der Waals surface area contributed by atoms with Crippen LogP contribution in [-0.4, -0.2) is 55.9 Å². The lowest BCUT2D eigenvalue weighted by Crippen LogP contribution is -2.51. The van der Waals surface area contributed by atoms with E-state index < -0.39 is 60.3 Å². The Morgan fingerprint density at radius 3 is 2.19 bits per heavy atom. The quantitative estimate of drug-likeness (QED) is 0.213. The summed E-state index contributed by atoms with van der Waals surface area (Å²) in [6.07, 6.45) is -4.04. The normalized spacial score (nSPS) is 21.6. The minimum Gasteiger partial charge on any atom is -0.475 e. The fourth-order valence-corrected chi connectivity index (χ4v) is 2.11. The summed E-state index contributed by atoms with van der Waals surface area (Å²) in [5.41, 5.74) is 8.31. The number of esters is 4. The number of hydrogen-bond donors (Lipinski definition) is 0. The summed E-state index contributed by atoms with van der Waals surface area (Å²) in [6, 6.07) is 0. The second-order valence-corrected chi connectivity index (χ2v) is 4.96. The molecule has 0 fully saturated rings. The SMILES string of the molecule is COC(=O)C1=C(N=[N+]=[N-])[C@@H](OC(C)=O)[C@H](OC(C)=O)[C@@H](COC(C)=O)O1. The molecule has 142 valence electrons. The number of methoxy groups -OCH3 is 1. The van der Waals surface area contributed by atoms with Crippen molar-refractivity contribution in [3.63, 3.8) is 0 Å². The van der Waals surface area contributed by atoms with Gasteiger partial charge in [-0.05, 0) is 5.53 Å². The van der Waals surface area contributed by atoms with Gasteiger partial charge in [-0.2, -0.15) is 0 Å². The topological polar surface area (TPSA) is 163 Å². The van der Waals surface area contributed by atoms with Crippen molar-refractivity contribution in [1.29, 1.82) is 0 Å². The lowest BCUT2D eigenvalue weighted by Gasteiger charge is -2.37. The number of carbonyl (C=O) groups is 4. The van der Waals surface area contributed by atoms with Gasteiger partial charge in [0.05, 0.1) is 7.11 Å². The molecule has 0 amide bonds. The van der Waals surface area contributed by atoms with E-state index >= 15 is 0 Å². The number of nitrogens with zero attached hydrogens (tertiary/aromatic N) is 3. The number of azide groups is 1. The molecule has 0 saturated heterocycles. The molecule has 1 aliphatic rings. The monoisotopic (exact) mass is 371 g/mol. The molecule has 0 unspecified atom stereocenters. The highest BCUT2D eigenvalue weighted by Gasteiger charge is 2.46. The lowest BCUT2D eigenvalue weighted by molar-refractivity contribution is -0.185. The molecule has 12 heteroatoms. The highest BCUT2D eigenvalue weighted by atomic mass is 16.6. The minimum absolute atomic E-state index is 0.435. The molecule has 0 aromatic carbocycles. The maximum Gasteiger partial charge on any atom is 0.373 e. The fourth-order valence-electron chi connectivity index (χ4n) is 2.11. The zero-order chi connectivity index (χ0) is 19.9. The van der Waals surface area contributed by atoms with E-state index in [1.54, 1.807) is 0 Å². The van der Waals surface area contributed by atoms with Crippen LogP contribution in [-0.2, 0) is 42.9 Å². The van der Waals surface area contributed by atoms with Gasteiger partial charge in [0.2, 0.25) is 5.76 Å². The van der Waals surface area contributed by atoms with Crippen LogP contribution < -0.4 is 0 Å². The van der Waals surface area contributed by atoms with E-state index in [9.17, 15) is 19.2 Å². The summed E-state index contributed by atoms with van der Waals surface area (Å²) in [4.78, 5) is 48.5. The number of carbonyl (C=O) groups excluding carboxylic acids is 4. The van der Waals surface area contributed by atoms with Crippen molar-refractivity contribution in [2.75, 3.05) is 13.7 Å². The lowest BCUT2D eigenvalue weighted by atomic mass is 10.0. The van der Waals surface area contributed by atoms with Gasteiger partial charge >= 0.3 is 23.9 Å². The molecule has 0 radical (unpaired) electrons. The van der Waals surface area contributed by atoms with E-state index in [-0.39, 0.29) is 0 Å². The average Bonchev–Trinajstić information content (AvgIpc) is 2.55. The number of ether oxygens (including phenoxy) is 5. The molecule has 1 aliphatic heterocycles. The van der Waals surface area contributed by atoms with Gasteiger partial charge < -0.3 is 23.7 Å². The summed E-state index contributed by atoms with van der Waals surface area (Å²) in [6.45, 7) is 2.85. The van der Waals surface area contributed by atoms with Gasteiger partial charge in [0.1, 0.15) is 12.3 Å². The maximum absolute atomic E-state index is 12.0. The summed E-state index contributed by atoms with van der Waals surface area (Å²) < 4.78 is 24.9. The third-order valence-electron chi connectivity index (χ3n) is 3.01. The summed E-state index contributed by atoms with van der Waals surface area (Å²) in [5, 5.41) is 3.31. The van der Waals surface area contributed by atoms with Gasteiger partial charge in [0, 0.05) is 25.7 Å². The van der Waals surface area contributed by atoms with Gasteiger partial charge in [-0.15, -0.1) is 0 Å². The molecule has 0 aromatic heterocycles. The highest BCUT2D eigenvalue weighted by molar-refractivity contribution is 5.87. The van der Waals surface area contributed by atoms with Crippen LogP contribution in [0.25, 0.3) is 10.4 Å². The van der Waals surface area contributed by atoms with Gasteiger partial charge in [0.25, 0.3) is 0 Å². The van der Waals surface area contributed by atoms with Crippen molar-refractivity contribution in [1.82, 2.24) is 0 Å². The largest absolute Gasteiger partial charge is 0.475 e. The van der Waals surface area contributed by atoms with E-state index in [1.165, 1.54) is 0 Å². The number of hydrogen-bond acceptors (Lipinski definition) is 10. The van der Waals surface area contributed by atoms with Gasteiger partial charge in [-0.3, -0.25) is 14.4 Å². The zero-order valence-electron chi connectivity index (χ0n) is 14.5. The van der Waals surface area contributed by atoms with Crippen LogP contribution in [0.3, 0.4) is 0 Å². The third-order valence-corrected chi connectivity index (χ3v) is 3.01. The maximum atomic E-state index is 12.0. The van der Waals surface area contributed by atoms with Crippen molar-refractivity contribution in [2.24, 2.45) is 5.11 Å². The molecule has 0 N–H and O–H groups in total. The molecule has 1 rings (SSSR count). The van der Waals surface area contributed by atoms with Crippen molar-refractivity contribution < 1.29 is 42.9 Å². The van der Waals surface area contributed by atoms with Crippen LogP contribution in [0, 0.1) is 0 Å². The van der Waals surface area contributed by atoms with Crippen molar-refractivity contribution in [2.45, 2.75) is 39.1 Å². The molecular weight excluding hydrogens is 354 g/mol. The van der Waals surface area contributed by atoms with Crippen LogP contribution >= 0.6 is 0 Å². The summed E-state index contributed by atoms with van der Waals surface area (Å²) >= 11 is 0. The second-order valence-electron chi connectivity index (χ2n) is 4.96. The van der Waals surface area contributed by atoms with Crippen LogP contribution in [0.4, 0.5) is 0 Å². The Morgan fingerprint density at radius 1 is 1.12 bits per heavy atom. The van der Waals surface area contributed by atoms with E-state index in [0.717, 1.165) is 27.9 Å². The molecule has 0 aromatic rings. The van der Waals surface area contributed by atoms with Gasteiger partial charge in [0.15, 0.2) is 18.3 Å². The Hall–Kier alpha value is -3.27. The Kier molecular flexibility index (Phi) is 7.41. The molecule has 0 saturated carbocycles. The van der Waals surface area contributed by atoms with Crippen LogP contribution in [0.15, 0.2) is 16.6 Å². The Bertz CT molecular complexity index is 681. The van der Waals surface area contributed by atoms with Crippen LogP contribution in [0.5, 0.6) is 0 Å². The van der Waals surface area contributed by atoms with Crippen molar-refractivity contribution >= 4 is 23.9 Å². The second kappa shape index (κ2) is 9.28. The van der Waals surface area contributed by atoms with Crippen molar-refractivity contribution in [3.8, 4) is 0 Å². The van der Waals surface area contributed by atoms with Crippen molar-refractivity contribution in [3.05, 3.63) is 21.9 Å². The first-order chi connectivity index (χ1) is 12.2. The first-order valence-electron chi connectivity index (χ1n) is 7.23. The standard InChI is InChI=1S/C14H17N3O9/c1-6(18)23-5-9-11(24-7(2)19)12(25-8(3)20)10(16-17-15)13(26-9)14(21)22-4/h9,11-12H,5H2,1-4H3/t9-,11-,12-/m1/s1. The summed E-state index contributed by atoms with van der Waals surface area (Å²) in [5.74, 6) is -3.83. The van der Waals surface area contributed by atoms with Crippen LogP contribution in [0.2, 0.25) is 0 Å². The van der Waals surface area contributed by atoms with E-state index in [0.29, 0.717) is 0 Å². The van der Waals surface area contributed by atoms with Gasteiger partial charge in [-0.1, -0.05) is 5.11 Å². The molecule has 1 heterocycles. The average molecular weight is 371 g/mol. The molecule has 26 heavy (non-hydrogen) atoms. The summed E-state index contributed by atoms with van der Waals surface area (Å²) in [7, 11) is 1.05. The highest BCUT2D eigenvalue weighted by Crippen LogP contribution is 2.31. The molecule has 0 spiro atoms. The predicted molar refractivity (Wildman–Crippen MR) is 80.8 cm³/mol. The first-order valence-corrected chi connectivity index (χ1v) is 7.23. The zero-order valence-corrected chi connectivity index (χ0v) is 14.5. The Morgan fingerprint density at radius 2 is 1.73 bits per heavy atom. The number of rotatable bonds is 6. The smallest absolute Gasteiger partial charge is 0.373 e. The fraction of sp³-hybridized carbons (Fsp3) is 0.571. The van der Waals surface area contributed by atoms with E-state index in [4.69, 9.17) is 24.5 Å². The third kappa shape index (κ3) is 5.38. The first kappa shape index (κ1) is 20.8.